The van der Waals surface area contributed by atoms with Gasteiger partial charge in [-0.1, -0.05) is 0 Å². The summed E-state index contributed by atoms with van der Waals surface area (Å²) in [5.74, 6) is -0.663. The molecule has 5 N–H and O–H groups in total. The zero-order chi connectivity index (χ0) is 23.5. The van der Waals surface area contributed by atoms with E-state index in [0.29, 0.717) is 11.3 Å². The van der Waals surface area contributed by atoms with Crippen molar-refractivity contribution in [2.45, 2.75) is 19.1 Å². The Morgan fingerprint density at radius 1 is 1.03 bits per heavy atom. The van der Waals surface area contributed by atoms with Crippen molar-refractivity contribution in [2.75, 3.05) is 5.32 Å². The largest absolute Gasteiger partial charge is 0.456 e. The summed E-state index contributed by atoms with van der Waals surface area (Å²) in [5, 5.41) is 2.76. The molecule has 3 rings (SSSR count). The number of nitrogens with two attached hydrogens (primary N) is 2. The highest BCUT2D eigenvalue weighted by Crippen LogP contribution is 2.30. The summed E-state index contributed by atoms with van der Waals surface area (Å²) in [6.07, 6.45) is -3.57. The maximum absolute atomic E-state index is 12.6. The van der Waals surface area contributed by atoms with Gasteiger partial charge in [0.1, 0.15) is 34.7 Å². The minimum atomic E-state index is -4.54. The number of primary amides is 2. The lowest BCUT2D eigenvalue weighted by molar-refractivity contribution is -0.141. The van der Waals surface area contributed by atoms with Gasteiger partial charge >= 0.3 is 6.18 Å². The van der Waals surface area contributed by atoms with Gasteiger partial charge in [0.15, 0.2) is 5.82 Å². The van der Waals surface area contributed by atoms with Crippen molar-refractivity contribution >= 4 is 17.6 Å². The number of nitrogens with zero attached hydrogens (tertiary/aromatic N) is 3. The quantitative estimate of drug-likeness (QED) is 0.506. The molecule has 3 aromatic rings. The van der Waals surface area contributed by atoms with E-state index in [2.05, 4.69) is 20.3 Å². The molecular formula is C20H17F3N6O3. The highest BCUT2D eigenvalue weighted by atomic mass is 19.4. The number of rotatable bonds is 7. The average molecular weight is 446 g/mol. The number of hydrogen-bond acceptors (Lipinski definition) is 7. The van der Waals surface area contributed by atoms with Gasteiger partial charge in [0.05, 0.1) is 6.20 Å². The van der Waals surface area contributed by atoms with E-state index < -0.39 is 29.7 Å². The highest BCUT2D eigenvalue weighted by molar-refractivity contribution is 5.92. The van der Waals surface area contributed by atoms with Gasteiger partial charge in [-0.05, 0) is 43.3 Å². The first-order valence-corrected chi connectivity index (χ1v) is 9.09. The van der Waals surface area contributed by atoms with Crippen LogP contribution in [0.5, 0.6) is 11.5 Å². The van der Waals surface area contributed by atoms with Gasteiger partial charge in [-0.25, -0.2) is 15.0 Å². The second-order valence-electron chi connectivity index (χ2n) is 6.60. The smallest absolute Gasteiger partial charge is 0.433 e. The number of hydrogen-bond donors (Lipinski definition) is 3. The van der Waals surface area contributed by atoms with Crippen LogP contribution in [-0.4, -0.2) is 32.8 Å². The van der Waals surface area contributed by atoms with E-state index in [0.717, 1.165) is 18.3 Å². The minimum absolute atomic E-state index is 0.0784. The number of halogens is 3. The van der Waals surface area contributed by atoms with E-state index in [-0.39, 0.29) is 23.1 Å². The Kier molecular flexibility index (Phi) is 6.23. The molecule has 0 radical (unpaired) electrons. The lowest BCUT2D eigenvalue weighted by Gasteiger charge is -2.13. The Morgan fingerprint density at radius 3 is 2.22 bits per heavy atom. The van der Waals surface area contributed by atoms with Crippen LogP contribution >= 0.6 is 0 Å². The average Bonchev–Trinajstić information content (AvgIpc) is 2.73. The summed E-state index contributed by atoms with van der Waals surface area (Å²) < 4.78 is 43.3. The molecule has 2 heterocycles. The number of carbonyl (C=O) groups excluding carboxylic acids is 2. The fraction of sp³-hybridized carbons (Fsp3) is 0.150. The van der Waals surface area contributed by atoms with Gasteiger partial charge in [-0.2, -0.15) is 13.2 Å². The second-order valence-corrected chi connectivity index (χ2v) is 6.60. The van der Waals surface area contributed by atoms with Crippen LogP contribution in [0.2, 0.25) is 0 Å². The molecule has 12 heteroatoms. The molecule has 0 aliphatic rings. The highest BCUT2D eigenvalue weighted by Gasteiger charge is 2.32. The van der Waals surface area contributed by atoms with Crippen LogP contribution in [0.4, 0.5) is 19.0 Å². The third-order valence-corrected chi connectivity index (χ3v) is 4.14. The van der Waals surface area contributed by atoms with Crippen molar-refractivity contribution < 1.29 is 27.5 Å². The van der Waals surface area contributed by atoms with E-state index in [1.54, 1.807) is 12.1 Å². The van der Waals surface area contributed by atoms with Crippen LogP contribution in [0.25, 0.3) is 11.4 Å². The van der Waals surface area contributed by atoms with Gasteiger partial charge in [-0.3, -0.25) is 9.59 Å². The molecular weight excluding hydrogens is 429 g/mol. The van der Waals surface area contributed by atoms with E-state index >= 15 is 0 Å². The third kappa shape index (κ3) is 5.47. The fourth-order valence-corrected chi connectivity index (χ4v) is 2.49. The molecule has 0 spiro atoms. The topological polar surface area (TPSA) is 146 Å². The summed E-state index contributed by atoms with van der Waals surface area (Å²) in [7, 11) is 0. The molecule has 0 fully saturated rings. The van der Waals surface area contributed by atoms with Crippen molar-refractivity contribution in [3.8, 4) is 22.9 Å². The van der Waals surface area contributed by atoms with Crippen molar-refractivity contribution in [1.29, 1.82) is 0 Å². The number of pyridine rings is 1. The SMILES string of the molecule is CC(Nc1cc(C(N)=O)nc(-c2ccc(Oc3ccc(C(F)(F)F)nc3)cc2)n1)C(N)=O. The van der Waals surface area contributed by atoms with Gasteiger partial charge in [0.25, 0.3) is 5.91 Å². The predicted molar refractivity (Wildman–Crippen MR) is 108 cm³/mol. The Bertz CT molecular complexity index is 1130. The summed E-state index contributed by atoms with van der Waals surface area (Å²) in [6, 6.07) is 8.73. The van der Waals surface area contributed by atoms with Crippen LogP contribution in [0.3, 0.4) is 0 Å². The summed E-state index contributed by atoms with van der Waals surface area (Å²) in [5.41, 5.74) is 9.93. The van der Waals surface area contributed by atoms with E-state index in [1.165, 1.54) is 25.1 Å². The maximum atomic E-state index is 12.6. The van der Waals surface area contributed by atoms with Crippen LogP contribution in [-0.2, 0) is 11.0 Å². The fourth-order valence-electron chi connectivity index (χ4n) is 2.49. The number of benzene rings is 1. The monoisotopic (exact) mass is 446 g/mol. The number of aromatic nitrogens is 3. The summed E-state index contributed by atoms with van der Waals surface area (Å²) in [6.45, 7) is 1.52. The predicted octanol–water partition coefficient (Wildman–Crippen LogP) is 2.73. The standard InChI is InChI=1S/C20H17F3N6O3/c1-10(17(24)30)27-16-8-14(18(25)31)28-19(29-16)11-2-4-12(5-3-11)32-13-6-7-15(26-9-13)20(21,22)23/h2-10H,1H3,(H2,24,30)(H2,25,31)(H,27,28,29). The Morgan fingerprint density at radius 2 is 1.69 bits per heavy atom. The molecule has 0 aliphatic carbocycles. The Hall–Kier alpha value is -4.22. The molecule has 0 saturated heterocycles. The number of carbonyl (C=O) groups is 2. The molecule has 2 aromatic heterocycles. The van der Waals surface area contributed by atoms with Crippen LogP contribution < -0.4 is 21.5 Å². The molecule has 9 nitrogen and oxygen atoms in total. The molecule has 32 heavy (non-hydrogen) atoms. The number of alkyl halides is 3. The van der Waals surface area contributed by atoms with Gasteiger partial charge in [0, 0.05) is 11.6 Å². The summed E-state index contributed by atoms with van der Waals surface area (Å²) >= 11 is 0. The van der Waals surface area contributed by atoms with Gasteiger partial charge < -0.3 is 21.5 Å². The van der Waals surface area contributed by atoms with Crippen LogP contribution in [0.1, 0.15) is 23.1 Å². The number of ether oxygens (including phenoxy) is 1. The van der Waals surface area contributed by atoms with E-state index in [4.69, 9.17) is 16.2 Å². The zero-order valence-corrected chi connectivity index (χ0v) is 16.6. The van der Waals surface area contributed by atoms with Crippen molar-refractivity contribution in [2.24, 2.45) is 11.5 Å². The first kappa shape index (κ1) is 22.5. The minimum Gasteiger partial charge on any atom is -0.456 e. The molecule has 1 unspecified atom stereocenters. The molecule has 0 saturated carbocycles. The van der Waals surface area contributed by atoms with Crippen LogP contribution in [0, 0.1) is 0 Å². The number of amides is 2. The normalized spacial score (nSPS) is 12.1. The lowest BCUT2D eigenvalue weighted by atomic mass is 10.2. The molecule has 1 atom stereocenters. The molecule has 1 aromatic carbocycles. The second kappa shape index (κ2) is 8.88. The molecule has 2 amide bonds. The number of anilines is 1. The first-order valence-electron chi connectivity index (χ1n) is 9.09. The van der Waals surface area contributed by atoms with Gasteiger partial charge in [-0.15, -0.1) is 0 Å². The zero-order valence-electron chi connectivity index (χ0n) is 16.6. The van der Waals surface area contributed by atoms with Crippen molar-refractivity contribution in [3.63, 3.8) is 0 Å². The maximum Gasteiger partial charge on any atom is 0.433 e. The summed E-state index contributed by atoms with van der Waals surface area (Å²) in [4.78, 5) is 34.6. The van der Waals surface area contributed by atoms with E-state index in [9.17, 15) is 22.8 Å². The Balaban J connectivity index is 1.82. The lowest BCUT2D eigenvalue weighted by Crippen LogP contribution is -2.33. The first-order chi connectivity index (χ1) is 15.0. The van der Waals surface area contributed by atoms with Crippen LogP contribution in [0.15, 0.2) is 48.7 Å². The van der Waals surface area contributed by atoms with E-state index in [1.807, 2.05) is 0 Å². The van der Waals surface area contributed by atoms with Crippen molar-refractivity contribution in [3.05, 3.63) is 60.0 Å². The molecule has 0 bridgehead atoms. The molecule has 0 aliphatic heterocycles. The number of nitrogens with one attached hydrogen (secondary N) is 1. The molecule has 166 valence electrons. The third-order valence-electron chi connectivity index (χ3n) is 4.14. The Labute approximate surface area is 179 Å². The van der Waals surface area contributed by atoms with Crippen molar-refractivity contribution in [1.82, 2.24) is 15.0 Å². The van der Waals surface area contributed by atoms with Gasteiger partial charge in [0.2, 0.25) is 5.91 Å².